The molecule has 4 nitrogen and oxygen atoms in total. The molecule has 23 heavy (non-hydrogen) atoms. The van der Waals surface area contributed by atoms with Crippen molar-refractivity contribution in [1.82, 2.24) is 10.2 Å². The highest BCUT2D eigenvalue weighted by molar-refractivity contribution is 5.85. The lowest BCUT2D eigenvalue weighted by Crippen LogP contribution is -2.43. The number of piperidine rings is 1. The Morgan fingerprint density at radius 1 is 1.22 bits per heavy atom. The Kier molecular flexibility index (Phi) is 6.66. The van der Waals surface area contributed by atoms with E-state index in [1.165, 1.54) is 18.6 Å². The maximum Gasteiger partial charge on any atom is 0.224 e. The molecule has 2 aliphatic heterocycles. The molecule has 2 aliphatic rings. The zero-order valence-corrected chi connectivity index (χ0v) is 14.0. The second-order valence-corrected chi connectivity index (χ2v) is 6.15. The Labute approximate surface area is 142 Å². The number of likely N-dealkylation sites (tertiary alicyclic amines) is 1. The quantitative estimate of drug-likeness (QED) is 0.914. The van der Waals surface area contributed by atoms with Crippen molar-refractivity contribution in [2.45, 2.75) is 44.2 Å². The van der Waals surface area contributed by atoms with Gasteiger partial charge in [-0.25, -0.2) is 4.39 Å². The van der Waals surface area contributed by atoms with Crippen LogP contribution in [0.1, 0.15) is 32.1 Å². The molecule has 128 valence electrons. The molecule has 2 heterocycles. The van der Waals surface area contributed by atoms with Gasteiger partial charge in [0, 0.05) is 38.4 Å². The molecule has 0 bridgehead atoms. The van der Waals surface area contributed by atoms with E-state index in [1.807, 2.05) is 4.90 Å². The van der Waals surface area contributed by atoms with Crippen LogP contribution in [0.15, 0.2) is 24.3 Å². The van der Waals surface area contributed by atoms with Gasteiger partial charge in [0.1, 0.15) is 17.7 Å². The fourth-order valence-corrected chi connectivity index (χ4v) is 3.20. The van der Waals surface area contributed by atoms with Crippen LogP contribution >= 0.6 is 12.4 Å². The first kappa shape index (κ1) is 18.0. The summed E-state index contributed by atoms with van der Waals surface area (Å²) in [6.45, 7) is 2.53. The lowest BCUT2D eigenvalue weighted by atomic mass is 10.1. The summed E-state index contributed by atoms with van der Waals surface area (Å²) in [5.41, 5.74) is 0. The highest BCUT2D eigenvalue weighted by Gasteiger charge is 2.26. The summed E-state index contributed by atoms with van der Waals surface area (Å²) in [7, 11) is 0. The minimum absolute atomic E-state index is 0. The molecule has 1 amide bonds. The number of amides is 1. The number of carbonyl (C=O) groups is 1. The van der Waals surface area contributed by atoms with E-state index in [1.54, 1.807) is 12.1 Å². The zero-order valence-electron chi connectivity index (χ0n) is 13.2. The Morgan fingerprint density at radius 3 is 2.52 bits per heavy atom. The standard InChI is InChI=1S/C17H23FN2O2.ClH/c18-13-3-5-15(6-4-13)22-16-7-10-20(11-8-16)17(21)12-14-2-1-9-19-14;/h3-6,14,16,19H,1-2,7-12H2;1H. The molecule has 6 heteroatoms. The summed E-state index contributed by atoms with van der Waals surface area (Å²) in [5, 5.41) is 3.37. The van der Waals surface area contributed by atoms with Gasteiger partial charge >= 0.3 is 0 Å². The van der Waals surface area contributed by atoms with Crippen LogP contribution in [0.5, 0.6) is 5.75 Å². The predicted molar refractivity (Wildman–Crippen MR) is 89.5 cm³/mol. The van der Waals surface area contributed by atoms with E-state index >= 15 is 0 Å². The van der Waals surface area contributed by atoms with Gasteiger partial charge in [-0.3, -0.25) is 4.79 Å². The van der Waals surface area contributed by atoms with Gasteiger partial charge in [-0.2, -0.15) is 0 Å². The molecule has 1 unspecified atom stereocenters. The van der Waals surface area contributed by atoms with Crippen molar-refractivity contribution >= 4 is 18.3 Å². The highest BCUT2D eigenvalue weighted by Crippen LogP contribution is 2.20. The van der Waals surface area contributed by atoms with Crippen LogP contribution in [0.3, 0.4) is 0 Å². The van der Waals surface area contributed by atoms with Crippen LogP contribution in [-0.4, -0.2) is 42.6 Å². The molecule has 0 saturated carbocycles. The largest absolute Gasteiger partial charge is 0.490 e. The molecule has 0 aromatic heterocycles. The van der Waals surface area contributed by atoms with E-state index < -0.39 is 0 Å². The molecule has 2 fully saturated rings. The number of hydrogen-bond donors (Lipinski definition) is 1. The van der Waals surface area contributed by atoms with E-state index in [2.05, 4.69) is 5.32 Å². The average Bonchev–Trinajstić information content (AvgIpc) is 3.03. The second-order valence-electron chi connectivity index (χ2n) is 6.15. The lowest BCUT2D eigenvalue weighted by molar-refractivity contribution is -0.133. The molecule has 1 N–H and O–H groups in total. The predicted octanol–water partition coefficient (Wildman–Crippen LogP) is 2.76. The average molecular weight is 343 g/mol. The maximum absolute atomic E-state index is 12.9. The van der Waals surface area contributed by atoms with Crippen LogP contribution in [0.25, 0.3) is 0 Å². The van der Waals surface area contributed by atoms with Crippen molar-refractivity contribution in [3.8, 4) is 5.75 Å². The van der Waals surface area contributed by atoms with Crippen LogP contribution in [-0.2, 0) is 4.79 Å². The minimum atomic E-state index is -0.256. The SMILES string of the molecule is Cl.O=C(CC1CCCN1)N1CCC(Oc2ccc(F)cc2)CC1. The number of nitrogens with zero attached hydrogens (tertiary/aromatic N) is 1. The molecule has 2 saturated heterocycles. The number of rotatable bonds is 4. The van der Waals surface area contributed by atoms with Gasteiger partial charge in [0.05, 0.1) is 0 Å². The van der Waals surface area contributed by atoms with Crippen molar-refractivity contribution in [2.75, 3.05) is 19.6 Å². The molecule has 1 aromatic rings. The van der Waals surface area contributed by atoms with E-state index in [9.17, 15) is 9.18 Å². The zero-order chi connectivity index (χ0) is 15.4. The van der Waals surface area contributed by atoms with Crippen molar-refractivity contribution in [2.24, 2.45) is 0 Å². The number of halogens is 2. The van der Waals surface area contributed by atoms with Gasteiger partial charge in [-0.1, -0.05) is 0 Å². The highest BCUT2D eigenvalue weighted by atomic mass is 35.5. The van der Waals surface area contributed by atoms with E-state index in [0.717, 1.165) is 38.9 Å². The van der Waals surface area contributed by atoms with Crippen LogP contribution in [0.2, 0.25) is 0 Å². The third kappa shape index (κ3) is 5.08. The summed E-state index contributed by atoms with van der Waals surface area (Å²) >= 11 is 0. The van der Waals surface area contributed by atoms with Gasteiger partial charge < -0.3 is 15.0 Å². The molecule has 0 radical (unpaired) electrons. The Bertz CT molecular complexity index is 498. The number of hydrogen-bond acceptors (Lipinski definition) is 3. The normalized spacial score (nSPS) is 21.8. The van der Waals surface area contributed by atoms with Gasteiger partial charge in [-0.05, 0) is 43.7 Å². The Balaban J connectivity index is 0.00000192. The summed E-state index contributed by atoms with van der Waals surface area (Å²) in [6.07, 6.45) is 4.67. The minimum Gasteiger partial charge on any atom is -0.490 e. The Hall–Kier alpha value is -1.33. The summed E-state index contributed by atoms with van der Waals surface area (Å²) in [6, 6.07) is 6.48. The topological polar surface area (TPSA) is 41.6 Å². The number of nitrogens with one attached hydrogen (secondary N) is 1. The third-order valence-electron chi connectivity index (χ3n) is 4.49. The molecule has 3 rings (SSSR count). The summed E-state index contributed by atoms with van der Waals surface area (Å²) in [4.78, 5) is 14.2. The lowest BCUT2D eigenvalue weighted by Gasteiger charge is -2.32. The fourth-order valence-electron chi connectivity index (χ4n) is 3.20. The third-order valence-corrected chi connectivity index (χ3v) is 4.49. The Morgan fingerprint density at radius 2 is 1.91 bits per heavy atom. The van der Waals surface area contributed by atoms with Crippen molar-refractivity contribution in [1.29, 1.82) is 0 Å². The number of carbonyl (C=O) groups excluding carboxylic acids is 1. The van der Waals surface area contributed by atoms with Crippen LogP contribution < -0.4 is 10.1 Å². The van der Waals surface area contributed by atoms with Crippen molar-refractivity contribution in [3.05, 3.63) is 30.1 Å². The van der Waals surface area contributed by atoms with E-state index in [4.69, 9.17) is 4.74 Å². The first-order chi connectivity index (χ1) is 10.7. The summed E-state index contributed by atoms with van der Waals surface area (Å²) < 4.78 is 18.7. The van der Waals surface area contributed by atoms with Gasteiger partial charge in [0.25, 0.3) is 0 Å². The van der Waals surface area contributed by atoms with Gasteiger partial charge in [0.2, 0.25) is 5.91 Å². The van der Waals surface area contributed by atoms with Crippen molar-refractivity contribution < 1.29 is 13.9 Å². The molecular formula is C17H24ClFN2O2. The number of benzene rings is 1. The molecule has 0 aliphatic carbocycles. The maximum atomic E-state index is 12.9. The van der Waals surface area contributed by atoms with E-state index in [0.29, 0.717) is 18.2 Å². The smallest absolute Gasteiger partial charge is 0.224 e. The van der Waals surface area contributed by atoms with Gasteiger partial charge in [-0.15, -0.1) is 12.4 Å². The second kappa shape index (κ2) is 8.50. The van der Waals surface area contributed by atoms with E-state index in [-0.39, 0.29) is 30.2 Å². The molecular weight excluding hydrogens is 319 g/mol. The monoisotopic (exact) mass is 342 g/mol. The van der Waals surface area contributed by atoms with Crippen LogP contribution in [0.4, 0.5) is 4.39 Å². The summed E-state index contributed by atoms with van der Waals surface area (Å²) in [5.74, 6) is 0.689. The molecule has 1 aromatic carbocycles. The van der Waals surface area contributed by atoms with Crippen molar-refractivity contribution in [3.63, 3.8) is 0 Å². The fraction of sp³-hybridized carbons (Fsp3) is 0.588. The first-order valence-electron chi connectivity index (χ1n) is 8.14. The number of ether oxygens (including phenoxy) is 1. The van der Waals surface area contributed by atoms with Crippen LogP contribution in [0, 0.1) is 5.82 Å². The first-order valence-corrected chi connectivity index (χ1v) is 8.14. The molecule has 1 atom stereocenters. The van der Waals surface area contributed by atoms with Gasteiger partial charge in [0.15, 0.2) is 0 Å². The molecule has 0 spiro atoms.